The topological polar surface area (TPSA) is 90.0 Å². The van der Waals surface area contributed by atoms with Crippen molar-refractivity contribution in [2.45, 2.75) is 18.8 Å². The zero-order chi connectivity index (χ0) is 14.6. The third-order valence-corrected chi connectivity index (χ3v) is 4.14. The van der Waals surface area contributed by atoms with E-state index in [4.69, 9.17) is 5.73 Å². The first-order valence-electron chi connectivity index (χ1n) is 6.21. The molecule has 0 aliphatic carbocycles. The second-order valence-electron chi connectivity index (χ2n) is 4.63. The van der Waals surface area contributed by atoms with Crippen molar-refractivity contribution in [3.8, 4) is 0 Å². The molecule has 0 aliphatic rings. The fraction of sp³-hybridized carbons (Fsp3) is 0.308. The number of aromatic nitrogens is 2. The third kappa shape index (κ3) is 4.16. The van der Waals surface area contributed by atoms with Crippen molar-refractivity contribution in [3.05, 3.63) is 53.3 Å². The van der Waals surface area contributed by atoms with E-state index in [0.717, 1.165) is 16.7 Å². The molecular weight excluding hydrogens is 276 g/mol. The number of aryl methyl sites for hydroxylation is 1. The molecule has 20 heavy (non-hydrogen) atoms. The molecule has 0 amide bonds. The molecule has 2 rings (SSSR count). The maximum absolute atomic E-state index is 12.0. The standard InChI is InChI=1S/C13H18N4O2S/c1-17-9-13(7-15-17)8-16-20(18,19)10-12-4-2-3-11(5-12)6-14/h2-5,7,9,16H,6,8,10,14H2,1H3. The molecule has 1 heterocycles. The van der Waals surface area contributed by atoms with Gasteiger partial charge in [-0.15, -0.1) is 0 Å². The Morgan fingerprint density at radius 2 is 2.05 bits per heavy atom. The molecule has 1 aromatic heterocycles. The van der Waals surface area contributed by atoms with Crippen molar-refractivity contribution < 1.29 is 8.42 Å². The van der Waals surface area contributed by atoms with E-state index in [2.05, 4.69) is 9.82 Å². The van der Waals surface area contributed by atoms with E-state index in [1.54, 1.807) is 30.2 Å². The largest absolute Gasteiger partial charge is 0.326 e. The summed E-state index contributed by atoms with van der Waals surface area (Å²) in [5, 5.41) is 3.99. The average Bonchev–Trinajstić information content (AvgIpc) is 2.82. The number of sulfonamides is 1. The lowest BCUT2D eigenvalue weighted by Gasteiger charge is -2.07. The highest BCUT2D eigenvalue weighted by Crippen LogP contribution is 2.09. The van der Waals surface area contributed by atoms with E-state index < -0.39 is 10.0 Å². The molecule has 0 saturated heterocycles. The Bertz CT molecular complexity index is 679. The van der Waals surface area contributed by atoms with Crippen LogP contribution in [0, 0.1) is 0 Å². The molecule has 0 unspecified atom stereocenters. The summed E-state index contributed by atoms with van der Waals surface area (Å²) in [6, 6.07) is 7.28. The van der Waals surface area contributed by atoms with Crippen LogP contribution >= 0.6 is 0 Å². The lowest BCUT2D eigenvalue weighted by atomic mass is 10.1. The monoisotopic (exact) mass is 294 g/mol. The third-order valence-electron chi connectivity index (χ3n) is 2.84. The van der Waals surface area contributed by atoms with Crippen molar-refractivity contribution in [3.63, 3.8) is 0 Å². The zero-order valence-corrected chi connectivity index (χ0v) is 12.1. The molecule has 0 saturated carbocycles. The molecular formula is C13H18N4O2S. The number of benzene rings is 1. The minimum atomic E-state index is -3.38. The van der Waals surface area contributed by atoms with Gasteiger partial charge in [-0.1, -0.05) is 24.3 Å². The number of hydrogen-bond donors (Lipinski definition) is 2. The molecule has 108 valence electrons. The quantitative estimate of drug-likeness (QED) is 0.811. The molecule has 7 heteroatoms. The molecule has 0 aliphatic heterocycles. The van der Waals surface area contributed by atoms with Crippen molar-refractivity contribution >= 4 is 10.0 Å². The van der Waals surface area contributed by atoms with Crippen LogP contribution in [0.5, 0.6) is 0 Å². The number of rotatable bonds is 6. The minimum absolute atomic E-state index is 0.0545. The highest BCUT2D eigenvalue weighted by molar-refractivity contribution is 7.88. The Kier molecular flexibility index (Phi) is 4.53. The molecule has 2 aromatic rings. The van der Waals surface area contributed by atoms with E-state index in [1.807, 2.05) is 18.2 Å². The van der Waals surface area contributed by atoms with Gasteiger partial charge in [-0.3, -0.25) is 4.68 Å². The van der Waals surface area contributed by atoms with Gasteiger partial charge in [0, 0.05) is 31.9 Å². The predicted octanol–water partition coefficient (Wildman–Crippen LogP) is 0.498. The van der Waals surface area contributed by atoms with Crippen molar-refractivity contribution in [1.29, 1.82) is 0 Å². The molecule has 0 fully saturated rings. The Morgan fingerprint density at radius 3 is 2.70 bits per heavy atom. The van der Waals surface area contributed by atoms with E-state index in [-0.39, 0.29) is 12.3 Å². The van der Waals surface area contributed by atoms with Crippen LogP contribution < -0.4 is 10.5 Å². The van der Waals surface area contributed by atoms with Crippen LogP contribution in [-0.2, 0) is 35.9 Å². The molecule has 0 atom stereocenters. The van der Waals surface area contributed by atoms with Crippen LogP contribution in [-0.4, -0.2) is 18.2 Å². The van der Waals surface area contributed by atoms with Gasteiger partial charge in [0.15, 0.2) is 0 Å². The van der Waals surface area contributed by atoms with E-state index in [9.17, 15) is 8.42 Å². The number of nitrogens with two attached hydrogens (primary N) is 1. The van der Waals surface area contributed by atoms with Gasteiger partial charge in [0.1, 0.15) is 0 Å². The van der Waals surface area contributed by atoms with Gasteiger partial charge >= 0.3 is 0 Å². The normalized spacial score (nSPS) is 11.7. The van der Waals surface area contributed by atoms with Gasteiger partial charge in [-0.05, 0) is 11.1 Å². The first-order valence-corrected chi connectivity index (χ1v) is 7.86. The van der Waals surface area contributed by atoms with E-state index in [0.29, 0.717) is 6.54 Å². The summed E-state index contributed by atoms with van der Waals surface area (Å²) < 4.78 is 28.2. The van der Waals surface area contributed by atoms with Crippen LogP contribution in [0.15, 0.2) is 36.7 Å². The fourth-order valence-electron chi connectivity index (χ4n) is 1.87. The van der Waals surface area contributed by atoms with Crippen LogP contribution in [0.2, 0.25) is 0 Å². The lowest BCUT2D eigenvalue weighted by molar-refractivity contribution is 0.580. The Morgan fingerprint density at radius 1 is 1.30 bits per heavy atom. The maximum Gasteiger partial charge on any atom is 0.216 e. The fourth-order valence-corrected chi connectivity index (χ4v) is 2.98. The van der Waals surface area contributed by atoms with Crippen LogP contribution in [0.3, 0.4) is 0 Å². The first kappa shape index (κ1) is 14.7. The average molecular weight is 294 g/mol. The Labute approximate surface area is 118 Å². The second kappa shape index (κ2) is 6.17. The van der Waals surface area contributed by atoms with E-state index >= 15 is 0 Å². The SMILES string of the molecule is Cn1cc(CNS(=O)(=O)Cc2cccc(CN)c2)cn1. The maximum atomic E-state index is 12.0. The summed E-state index contributed by atoms with van der Waals surface area (Å²) in [4.78, 5) is 0. The summed E-state index contributed by atoms with van der Waals surface area (Å²) in [6.45, 7) is 0.643. The van der Waals surface area contributed by atoms with E-state index in [1.165, 1.54) is 0 Å². The molecule has 3 N–H and O–H groups in total. The van der Waals surface area contributed by atoms with Gasteiger partial charge < -0.3 is 5.73 Å². The summed E-state index contributed by atoms with van der Waals surface area (Å²) in [5.41, 5.74) is 8.02. The number of nitrogens with one attached hydrogen (secondary N) is 1. The van der Waals surface area contributed by atoms with Crippen molar-refractivity contribution in [2.75, 3.05) is 0 Å². The van der Waals surface area contributed by atoms with Gasteiger partial charge in [-0.2, -0.15) is 5.10 Å². The van der Waals surface area contributed by atoms with Gasteiger partial charge in [0.05, 0.1) is 11.9 Å². The molecule has 1 aromatic carbocycles. The summed E-state index contributed by atoms with van der Waals surface area (Å²) >= 11 is 0. The zero-order valence-electron chi connectivity index (χ0n) is 11.3. The number of nitrogens with zero attached hydrogens (tertiary/aromatic N) is 2. The minimum Gasteiger partial charge on any atom is -0.326 e. The summed E-state index contributed by atoms with van der Waals surface area (Å²) in [7, 11) is -1.59. The van der Waals surface area contributed by atoms with Crippen LogP contribution in [0.4, 0.5) is 0 Å². The highest BCUT2D eigenvalue weighted by atomic mass is 32.2. The Hall–Kier alpha value is -1.70. The van der Waals surface area contributed by atoms with Crippen LogP contribution in [0.25, 0.3) is 0 Å². The van der Waals surface area contributed by atoms with Gasteiger partial charge in [0.25, 0.3) is 0 Å². The lowest BCUT2D eigenvalue weighted by Crippen LogP contribution is -2.24. The summed E-state index contributed by atoms with van der Waals surface area (Å²) in [6.07, 6.45) is 3.41. The number of hydrogen-bond acceptors (Lipinski definition) is 4. The van der Waals surface area contributed by atoms with Gasteiger partial charge in [-0.25, -0.2) is 13.1 Å². The molecule has 0 radical (unpaired) electrons. The summed E-state index contributed by atoms with van der Waals surface area (Å²) in [5.74, 6) is -0.0545. The predicted molar refractivity (Wildman–Crippen MR) is 77.0 cm³/mol. The molecule has 0 bridgehead atoms. The highest BCUT2D eigenvalue weighted by Gasteiger charge is 2.12. The second-order valence-corrected chi connectivity index (χ2v) is 6.43. The molecule has 6 nitrogen and oxygen atoms in total. The van der Waals surface area contributed by atoms with Crippen molar-refractivity contribution in [1.82, 2.24) is 14.5 Å². The smallest absolute Gasteiger partial charge is 0.216 e. The van der Waals surface area contributed by atoms with Crippen LogP contribution in [0.1, 0.15) is 16.7 Å². The first-order chi connectivity index (χ1) is 9.48. The van der Waals surface area contributed by atoms with Gasteiger partial charge in [0.2, 0.25) is 10.0 Å². The Balaban J connectivity index is 1.99. The van der Waals surface area contributed by atoms with Crippen molar-refractivity contribution in [2.24, 2.45) is 12.8 Å². The molecule has 0 spiro atoms.